The first-order valence-electron chi connectivity index (χ1n) is 5.78. The number of hydrogen-bond acceptors (Lipinski definition) is 4. The number of non-ortho nitro benzene ring substituents is 1. The highest BCUT2D eigenvalue weighted by atomic mass is 35.5. The Labute approximate surface area is 110 Å². The summed E-state index contributed by atoms with van der Waals surface area (Å²) >= 11 is 6.07. The van der Waals surface area contributed by atoms with Crippen molar-refractivity contribution in [1.82, 2.24) is 4.90 Å². The Morgan fingerprint density at radius 3 is 3.00 bits per heavy atom. The Morgan fingerprint density at radius 1 is 1.61 bits per heavy atom. The van der Waals surface area contributed by atoms with Gasteiger partial charge >= 0.3 is 0 Å². The summed E-state index contributed by atoms with van der Waals surface area (Å²) in [5.41, 5.74) is 0.875. The van der Waals surface area contributed by atoms with Crippen molar-refractivity contribution in [3.63, 3.8) is 0 Å². The fourth-order valence-corrected chi connectivity index (χ4v) is 2.35. The van der Waals surface area contributed by atoms with Gasteiger partial charge in [-0.25, -0.2) is 0 Å². The Hall–Kier alpha value is -1.17. The molecule has 0 N–H and O–H groups in total. The number of nitro groups is 1. The SMILES string of the molecule is COC1CCN(Cc2cc([N+](=O)[O-])ccc2Cl)C1. The third kappa shape index (κ3) is 2.98. The van der Waals surface area contributed by atoms with Gasteiger partial charge in [0.15, 0.2) is 0 Å². The minimum absolute atomic E-state index is 0.0805. The zero-order valence-electron chi connectivity index (χ0n) is 10.1. The molecule has 0 radical (unpaired) electrons. The Balaban J connectivity index is 2.09. The van der Waals surface area contributed by atoms with Crippen LogP contribution in [0.5, 0.6) is 0 Å². The van der Waals surface area contributed by atoms with Gasteiger partial charge in [0.1, 0.15) is 0 Å². The van der Waals surface area contributed by atoms with Crippen LogP contribution in [0.4, 0.5) is 5.69 Å². The molecular weight excluding hydrogens is 256 g/mol. The molecule has 0 bridgehead atoms. The van der Waals surface area contributed by atoms with Crippen molar-refractivity contribution in [1.29, 1.82) is 0 Å². The number of hydrogen-bond donors (Lipinski definition) is 0. The summed E-state index contributed by atoms with van der Waals surface area (Å²) in [4.78, 5) is 12.5. The Kier molecular flexibility index (Phi) is 4.16. The van der Waals surface area contributed by atoms with Crippen molar-refractivity contribution in [3.05, 3.63) is 38.9 Å². The lowest BCUT2D eigenvalue weighted by Crippen LogP contribution is -2.22. The van der Waals surface area contributed by atoms with E-state index < -0.39 is 4.92 Å². The Morgan fingerprint density at radius 2 is 2.39 bits per heavy atom. The maximum atomic E-state index is 10.7. The molecule has 1 atom stereocenters. The number of nitro benzene ring substituents is 1. The molecule has 1 saturated heterocycles. The van der Waals surface area contributed by atoms with E-state index in [1.807, 2.05) is 0 Å². The van der Waals surface area contributed by atoms with E-state index >= 15 is 0 Å². The van der Waals surface area contributed by atoms with Gasteiger partial charge < -0.3 is 4.74 Å². The maximum absolute atomic E-state index is 10.7. The molecule has 0 amide bonds. The number of rotatable bonds is 4. The van der Waals surface area contributed by atoms with Gasteiger partial charge in [-0.2, -0.15) is 0 Å². The van der Waals surface area contributed by atoms with Crippen LogP contribution in [-0.4, -0.2) is 36.1 Å². The predicted molar refractivity (Wildman–Crippen MR) is 68.8 cm³/mol. The van der Waals surface area contributed by atoms with E-state index in [9.17, 15) is 10.1 Å². The number of likely N-dealkylation sites (tertiary alicyclic amines) is 1. The van der Waals surface area contributed by atoms with Crippen LogP contribution >= 0.6 is 11.6 Å². The molecule has 5 nitrogen and oxygen atoms in total. The van der Waals surface area contributed by atoms with Gasteiger partial charge in [-0.1, -0.05) is 11.6 Å². The third-order valence-electron chi connectivity index (χ3n) is 3.20. The molecule has 1 aromatic rings. The molecule has 0 spiro atoms. The molecule has 0 aromatic heterocycles. The third-order valence-corrected chi connectivity index (χ3v) is 3.57. The van der Waals surface area contributed by atoms with Crippen LogP contribution in [0, 0.1) is 10.1 Å². The van der Waals surface area contributed by atoms with Crippen LogP contribution in [0.25, 0.3) is 0 Å². The molecular formula is C12H15ClN2O3. The second kappa shape index (κ2) is 5.65. The van der Waals surface area contributed by atoms with Crippen molar-refractivity contribution in [2.45, 2.75) is 19.1 Å². The molecule has 1 aromatic carbocycles. The fraction of sp³-hybridized carbons (Fsp3) is 0.500. The number of methoxy groups -OCH3 is 1. The van der Waals surface area contributed by atoms with E-state index in [1.165, 1.54) is 6.07 Å². The van der Waals surface area contributed by atoms with Gasteiger partial charge in [0.05, 0.1) is 11.0 Å². The summed E-state index contributed by atoms with van der Waals surface area (Å²) in [5, 5.41) is 11.3. The molecule has 1 aliphatic heterocycles. The van der Waals surface area contributed by atoms with E-state index in [4.69, 9.17) is 16.3 Å². The number of benzene rings is 1. The highest BCUT2D eigenvalue weighted by molar-refractivity contribution is 6.31. The summed E-state index contributed by atoms with van der Waals surface area (Å²) < 4.78 is 5.29. The average Bonchev–Trinajstić information content (AvgIpc) is 2.79. The normalized spacial score (nSPS) is 20.2. The molecule has 1 heterocycles. The van der Waals surface area contributed by atoms with Crippen LogP contribution in [0.3, 0.4) is 0 Å². The van der Waals surface area contributed by atoms with E-state index in [0.717, 1.165) is 25.1 Å². The van der Waals surface area contributed by atoms with Crippen molar-refractivity contribution in [2.24, 2.45) is 0 Å². The molecule has 0 aliphatic carbocycles. The van der Waals surface area contributed by atoms with Gasteiger partial charge in [-0.05, 0) is 18.1 Å². The first kappa shape index (κ1) is 13.3. The Bertz CT molecular complexity index is 453. The molecule has 18 heavy (non-hydrogen) atoms. The van der Waals surface area contributed by atoms with Gasteiger partial charge in [-0.3, -0.25) is 15.0 Å². The largest absolute Gasteiger partial charge is 0.380 e. The van der Waals surface area contributed by atoms with Crippen LogP contribution in [0.1, 0.15) is 12.0 Å². The molecule has 6 heteroatoms. The van der Waals surface area contributed by atoms with Crippen molar-refractivity contribution in [3.8, 4) is 0 Å². The molecule has 2 rings (SSSR count). The second-order valence-electron chi connectivity index (χ2n) is 4.41. The van der Waals surface area contributed by atoms with E-state index in [-0.39, 0.29) is 11.8 Å². The molecule has 1 aliphatic rings. The standard InChI is InChI=1S/C12H15ClN2O3/c1-18-11-4-5-14(8-11)7-9-6-10(15(16)17)2-3-12(9)13/h2-3,6,11H,4-5,7-8H2,1H3. The quantitative estimate of drug-likeness (QED) is 0.623. The summed E-state index contributed by atoms with van der Waals surface area (Å²) in [5.74, 6) is 0. The van der Waals surface area contributed by atoms with E-state index in [2.05, 4.69) is 4.90 Å². The average molecular weight is 271 g/mol. The number of ether oxygens (including phenoxy) is 1. The summed E-state index contributed by atoms with van der Waals surface area (Å²) in [6, 6.07) is 4.55. The topological polar surface area (TPSA) is 55.6 Å². The van der Waals surface area contributed by atoms with E-state index in [0.29, 0.717) is 11.6 Å². The molecule has 1 unspecified atom stereocenters. The lowest BCUT2D eigenvalue weighted by Gasteiger charge is -2.16. The lowest BCUT2D eigenvalue weighted by molar-refractivity contribution is -0.384. The van der Waals surface area contributed by atoms with Crippen molar-refractivity contribution < 1.29 is 9.66 Å². The summed E-state index contributed by atoms with van der Waals surface area (Å²) in [6.45, 7) is 2.40. The zero-order chi connectivity index (χ0) is 13.1. The second-order valence-corrected chi connectivity index (χ2v) is 4.82. The zero-order valence-corrected chi connectivity index (χ0v) is 10.9. The van der Waals surface area contributed by atoms with Crippen LogP contribution < -0.4 is 0 Å². The maximum Gasteiger partial charge on any atom is 0.269 e. The summed E-state index contributed by atoms with van der Waals surface area (Å²) in [7, 11) is 1.70. The van der Waals surface area contributed by atoms with Crippen molar-refractivity contribution >= 4 is 17.3 Å². The van der Waals surface area contributed by atoms with Crippen LogP contribution in [-0.2, 0) is 11.3 Å². The van der Waals surface area contributed by atoms with Crippen LogP contribution in [0.2, 0.25) is 5.02 Å². The fourth-order valence-electron chi connectivity index (χ4n) is 2.17. The van der Waals surface area contributed by atoms with Gasteiger partial charge in [0.2, 0.25) is 0 Å². The first-order chi connectivity index (χ1) is 8.60. The number of halogens is 1. The molecule has 0 saturated carbocycles. The minimum atomic E-state index is -0.401. The van der Waals surface area contributed by atoms with E-state index in [1.54, 1.807) is 19.2 Å². The van der Waals surface area contributed by atoms with Crippen LogP contribution in [0.15, 0.2) is 18.2 Å². The smallest absolute Gasteiger partial charge is 0.269 e. The van der Waals surface area contributed by atoms with Gasteiger partial charge in [0.25, 0.3) is 5.69 Å². The number of nitrogens with zero attached hydrogens (tertiary/aromatic N) is 2. The highest BCUT2D eigenvalue weighted by Crippen LogP contribution is 2.25. The van der Waals surface area contributed by atoms with Gasteiger partial charge in [-0.15, -0.1) is 0 Å². The van der Waals surface area contributed by atoms with Gasteiger partial charge in [0, 0.05) is 43.9 Å². The summed E-state index contributed by atoms with van der Waals surface area (Å²) in [6.07, 6.45) is 1.24. The monoisotopic (exact) mass is 270 g/mol. The predicted octanol–water partition coefficient (Wildman–Crippen LogP) is 2.47. The molecule has 98 valence electrons. The van der Waals surface area contributed by atoms with Crippen molar-refractivity contribution in [2.75, 3.05) is 20.2 Å². The minimum Gasteiger partial charge on any atom is -0.380 e. The molecule has 1 fully saturated rings. The highest BCUT2D eigenvalue weighted by Gasteiger charge is 2.23. The lowest BCUT2D eigenvalue weighted by atomic mass is 10.2. The first-order valence-corrected chi connectivity index (χ1v) is 6.16.